The van der Waals surface area contributed by atoms with Gasteiger partial charge in [0.05, 0.1) is 10.0 Å². The van der Waals surface area contributed by atoms with Crippen molar-refractivity contribution >= 4 is 35.6 Å². The van der Waals surface area contributed by atoms with Gasteiger partial charge in [-0.15, -0.1) is 12.4 Å². The van der Waals surface area contributed by atoms with E-state index in [4.69, 9.17) is 27.9 Å². The summed E-state index contributed by atoms with van der Waals surface area (Å²) in [7, 11) is 2.19. The second-order valence-corrected chi connectivity index (χ2v) is 7.72. The second-order valence-electron chi connectivity index (χ2n) is 6.91. The van der Waals surface area contributed by atoms with Crippen molar-refractivity contribution in [2.45, 2.75) is 57.7 Å². The van der Waals surface area contributed by atoms with Crippen molar-refractivity contribution in [3.63, 3.8) is 0 Å². The SMILES string of the molecule is CN1C(C)(C)CC(Oc2ccc(Cl)c(Cl)c2)CC1(C)C.Cl. The van der Waals surface area contributed by atoms with Crippen LogP contribution in [0.3, 0.4) is 0 Å². The highest BCUT2D eigenvalue weighted by molar-refractivity contribution is 6.42. The normalized spacial score (nSPS) is 21.7. The maximum Gasteiger partial charge on any atom is 0.121 e. The fourth-order valence-corrected chi connectivity index (χ4v) is 3.39. The largest absolute Gasteiger partial charge is 0.490 e. The fourth-order valence-electron chi connectivity index (χ4n) is 3.11. The maximum atomic E-state index is 6.14. The van der Waals surface area contributed by atoms with Crippen LogP contribution in [0.25, 0.3) is 0 Å². The number of benzene rings is 1. The van der Waals surface area contributed by atoms with E-state index < -0.39 is 0 Å². The third-order valence-electron chi connectivity index (χ3n) is 4.46. The average molecular weight is 353 g/mol. The molecule has 1 fully saturated rings. The predicted octanol–water partition coefficient (Wildman–Crippen LogP) is 5.45. The summed E-state index contributed by atoms with van der Waals surface area (Å²) in [6.45, 7) is 9.05. The summed E-state index contributed by atoms with van der Waals surface area (Å²) in [5.41, 5.74) is 0.227. The van der Waals surface area contributed by atoms with E-state index >= 15 is 0 Å². The summed E-state index contributed by atoms with van der Waals surface area (Å²) in [6.07, 6.45) is 2.17. The number of halogens is 3. The lowest BCUT2D eigenvalue weighted by Gasteiger charge is -2.53. The van der Waals surface area contributed by atoms with Gasteiger partial charge < -0.3 is 4.74 Å². The highest BCUT2D eigenvalue weighted by atomic mass is 35.5. The van der Waals surface area contributed by atoms with E-state index in [1.165, 1.54) is 0 Å². The van der Waals surface area contributed by atoms with Crippen molar-refractivity contribution < 1.29 is 4.74 Å². The van der Waals surface area contributed by atoms with Crippen LogP contribution in [0.1, 0.15) is 40.5 Å². The molecule has 1 saturated heterocycles. The number of hydrogen-bond donors (Lipinski definition) is 0. The van der Waals surface area contributed by atoms with Gasteiger partial charge in [-0.2, -0.15) is 0 Å². The van der Waals surface area contributed by atoms with Gasteiger partial charge >= 0.3 is 0 Å². The Morgan fingerprint density at radius 1 is 1.05 bits per heavy atom. The Balaban J connectivity index is 0.00000220. The van der Waals surface area contributed by atoms with E-state index in [1.54, 1.807) is 12.1 Å². The van der Waals surface area contributed by atoms with Gasteiger partial charge in [0.15, 0.2) is 0 Å². The molecule has 0 bridgehead atoms. The van der Waals surface area contributed by atoms with Crippen molar-refractivity contribution in [2.24, 2.45) is 0 Å². The molecule has 21 heavy (non-hydrogen) atoms. The molecule has 1 aliphatic heterocycles. The van der Waals surface area contributed by atoms with E-state index in [2.05, 4.69) is 39.6 Å². The van der Waals surface area contributed by atoms with Crippen LogP contribution in [0.2, 0.25) is 10.0 Å². The zero-order chi connectivity index (χ0) is 15.1. The Morgan fingerprint density at radius 2 is 1.57 bits per heavy atom. The van der Waals surface area contributed by atoms with Crippen LogP contribution in [0.4, 0.5) is 0 Å². The van der Waals surface area contributed by atoms with Crippen molar-refractivity contribution in [3.8, 4) is 5.75 Å². The number of piperidine rings is 1. The summed E-state index contributed by atoms with van der Waals surface area (Å²) >= 11 is 12.0. The monoisotopic (exact) mass is 351 g/mol. The molecule has 0 aliphatic carbocycles. The van der Waals surface area contributed by atoms with Gasteiger partial charge in [-0.1, -0.05) is 23.2 Å². The van der Waals surface area contributed by atoms with Crippen LogP contribution in [0.5, 0.6) is 5.75 Å². The van der Waals surface area contributed by atoms with E-state index in [0.717, 1.165) is 18.6 Å². The molecule has 1 aromatic rings. The molecule has 0 aromatic heterocycles. The summed E-state index contributed by atoms with van der Waals surface area (Å²) < 4.78 is 6.14. The third kappa shape index (κ3) is 4.19. The van der Waals surface area contributed by atoms with Gasteiger partial charge in [-0.3, -0.25) is 4.90 Å². The molecule has 0 N–H and O–H groups in total. The van der Waals surface area contributed by atoms with Crippen LogP contribution in [0, 0.1) is 0 Å². The molecule has 1 aromatic carbocycles. The minimum Gasteiger partial charge on any atom is -0.490 e. The highest BCUT2D eigenvalue weighted by Gasteiger charge is 2.43. The van der Waals surface area contributed by atoms with Gasteiger partial charge in [0.2, 0.25) is 0 Å². The molecule has 120 valence electrons. The van der Waals surface area contributed by atoms with Crippen LogP contribution < -0.4 is 4.74 Å². The van der Waals surface area contributed by atoms with Gasteiger partial charge in [0, 0.05) is 30.0 Å². The predicted molar refractivity (Wildman–Crippen MR) is 93.3 cm³/mol. The Labute approximate surface area is 144 Å². The molecular weight excluding hydrogens is 329 g/mol. The summed E-state index contributed by atoms with van der Waals surface area (Å²) in [5.74, 6) is 0.792. The average Bonchev–Trinajstić information content (AvgIpc) is 2.30. The van der Waals surface area contributed by atoms with E-state index in [1.807, 2.05) is 6.07 Å². The van der Waals surface area contributed by atoms with Gasteiger partial charge in [-0.25, -0.2) is 0 Å². The zero-order valence-corrected chi connectivity index (χ0v) is 15.6. The summed E-state index contributed by atoms with van der Waals surface area (Å²) in [5, 5.41) is 1.10. The lowest BCUT2D eigenvalue weighted by atomic mass is 9.79. The molecule has 2 rings (SSSR count). The molecule has 0 spiro atoms. The number of rotatable bonds is 2. The summed E-state index contributed by atoms with van der Waals surface area (Å²) in [6, 6.07) is 5.46. The van der Waals surface area contributed by atoms with Crippen molar-refractivity contribution in [1.82, 2.24) is 4.90 Å². The van der Waals surface area contributed by atoms with Gasteiger partial charge in [-0.05, 0) is 46.9 Å². The smallest absolute Gasteiger partial charge is 0.121 e. The first-order chi connectivity index (χ1) is 9.12. The number of hydrogen-bond acceptors (Lipinski definition) is 2. The first kappa shape index (κ1) is 18.9. The minimum absolute atomic E-state index is 0. The van der Waals surface area contributed by atoms with Crippen LogP contribution in [0.15, 0.2) is 18.2 Å². The molecule has 0 atom stereocenters. The molecule has 0 unspecified atom stereocenters. The summed E-state index contributed by atoms with van der Waals surface area (Å²) in [4.78, 5) is 2.44. The minimum atomic E-state index is 0. The first-order valence-corrected chi connectivity index (χ1v) is 7.73. The van der Waals surface area contributed by atoms with E-state index in [-0.39, 0.29) is 29.6 Å². The maximum absolute atomic E-state index is 6.14. The van der Waals surface area contributed by atoms with Crippen LogP contribution in [-0.4, -0.2) is 29.1 Å². The molecule has 0 radical (unpaired) electrons. The van der Waals surface area contributed by atoms with Crippen molar-refractivity contribution in [2.75, 3.05) is 7.05 Å². The van der Waals surface area contributed by atoms with E-state index in [9.17, 15) is 0 Å². The van der Waals surface area contributed by atoms with Crippen LogP contribution >= 0.6 is 35.6 Å². The number of ether oxygens (including phenoxy) is 1. The number of nitrogens with zero attached hydrogens (tertiary/aromatic N) is 1. The molecule has 2 nitrogen and oxygen atoms in total. The standard InChI is InChI=1S/C16H23Cl2NO.ClH/c1-15(2)9-12(10-16(3,4)19(15)5)20-11-6-7-13(17)14(18)8-11;/h6-8,12H,9-10H2,1-5H3;1H. The zero-order valence-electron chi connectivity index (χ0n) is 13.2. The molecular formula is C16H24Cl3NO. The Bertz CT molecular complexity index is 484. The molecule has 5 heteroatoms. The lowest BCUT2D eigenvalue weighted by molar-refractivity contribution is -0.0556. The second kappa shape index (κ2) is 6.54. The Morgan fingerprint density at radius 3 is 2.05 bits per heavy atom. The number of likely N-dealkylation sites (tertiary alicyclic amines) is 1. The molecule has 1 heterocycles. The molecule has 0 saturated carbocycles. The van der Waals surface area contributed by atoms with Gasteiger partial charge in [0.25, 0.3) is 0 Å². The molecule has 1 aliphatic rings. The quantitative estimate of drug-likeness (QED) is 0.702. The highest BCUT2D eigenvalue weighted by Crippen LogP contribution is 2.39. The van der Waals surface area contributed by atoms with Crippen molar-refractivity contribution in [3.05, 3.63) is 28.2 Å². The molecule has 0 amide bonds. The third-order valence-corrected chi connectivity index (χ3v) is 5.20. The van der Waals surface area contributed by atoms with Crippen molar-refractivity contribution in [1.29, 1.82) is 0 Å². The topological polar surface area (TPSA) is 12.5 Å². The Kier molecular flexibility index (Phi) is 5.88. The van der Waals surface area contributed by atoms with Gasteiger partial charge in [0.1, 0.15) is 11.9 Å². The van der Waals surface area contributed by atoms with E-state index in [0.29, 0.717) is 10.0 Å². The van der Waals surface area contributed by atoms with Crippen LogP contribution in [-0.2, 0) is 0 Å². The first-order valence-electron chi connectivity index (χ1n) is 6.97. The fraction of sp³-hybridized carbons (Fsp3) is 0.625. The lowest BCUT2D eigenvalue weighted by Crippen LogP contribution is -2.60. The Hall–Kier alpha value is -0.150.